The van der Waals surface area contributed by atoms with Crippen molar-refractivity contribution in [2.45, 2.75) is 59.9 Å². The lowest BCUT2D eigenvalue weighted by molar-refractivity contribution is 0.0208. The highest BCUT2D eigenvalue weighted by molar-refractivity contribution is 4.98. The van der Waals surface area contributed by atoms with E-state index in [0.717, 1.165) is 26.3 Å². The first kappa shape index (κ1) is 17.3. The molecule has 0 atom stereocenters. The molecule has 0 unspecified atom stereocenters. The number of ether oxygens (including phenoxy) is 2. The zero-order chi connectivity index (χ0) is 15.1. The molecule has 1 heterocycles. The highest BCUT2D eigenvalue weighted by atomic mass is 16.5. The van der Waals surface area contributed by atoms with Gasteiger partial charge < -0.3 is 19.3 Å². The van der Waals surface area contributed by atoms with Gasteiger partial charge in [0.1, 0.15) is 6.17 Å². The number of hydrogen-bond donors (Lipinski definition) is 0. The number of hydrogen-bond acceptors (Lipinski definition) is 4. The quantitative estimate of drug-likeness (QED) is 0.650. The molecular formula is C16H32N2O2. The van der Waals surface area contributed by atoms with Crippen molar-refractivity contribution in [1.82, 2.24) is 9.80 Å². The minimum atomic E-state index is 0.301. The van der Waals surface area contributed by atoms with E-state index in [-0.39, 0.29) is 0 Å². The summed E-state index contributed by atoms with van der Waals surface area (Å²) in [6.07, 6.45) is 5.39. The monoisotopic (exact) mass is 284 g/mol. The van der Waals surface area contributed by atoms with E-state index in [1.165, 1.54) is 0 Å². The molecule has 20 heavy (non-hydrogen) atoms. The van der Waals surface area contributed by atoms with Crippen LogP contribution in [0, 0.1) is 5.92 Å². The molecule has 0 saturated carbocycles. The third-order valence-electron chi connectivity index (χ3n) is 3.33. The number of rotatable bonds is 9. The molecule has 0 fully saturated rings. The molecule has 0 aliphatic carbocycles. The second kappa shape index (κ2) is 8.53. The van der Waals surface area contributed by atoms with Gasteiger partial charge in [0.2, 0.25) is 0 Å². The highest BCUT2D eigenvalue weighted by Crippen LogP contribution is 2.22. The van der Waals surface area contributed by atoms with Gasteiger partial charge in [-0.2, -0.15) is 0 Å². The van der Waals surface area contributed by atoms with Crippen molar-refractivity contribution < 1.29 is 9.47 Å². The second-order valence-corrected chi connectivity index (χ2v) is 6.27. The zero-order valence-corrected chi connectivity index (χ0v) is 14.0. The van der Waals surface area contributed by atoms with Crippen LogP contribution in [0.2, 0.25) is 0 Å². The van der Waals surface area contributed by atoms with Gasteiger partial charge in [-0.1, -0.05) is 13.8 Å². The Morgan fingerprint density at radius 3 is 1.50 bits per heavy atom. The normalized spacial score (nSPS) is 16.4. The van der Waals surface area contributed by atoms with Crippen molar-refractivity contribution in [3.63, 3.8) is 0 Å². The summed E-state index contributed by atoms with van der Waals surface area (Å²) in [5.41, 5.74) is 0. The van der Waals surface area contributed by atoms with Crippen LogP contribution in [0.15, 0.2) is 12.4 Å². The molecule has 1 rings (SSSR count). The molecule has 0 spiro atoms. The van der Waals surface area contributed by atoms with Gasteiger partial charge in [-0.05, 0) is 33.6 Å². The molecule has 0 aromatic heterocycles. The van der Waals surface area contributed by atoms with Gasteiger partial charge in [-0.3, -0.25) is 0 Å². The van der Waals surface area contributed by atoms with Crippen molar-refractivity contribution in [3.8, 4) is 0 Å². The molecule has 0 aromatic carbocycles. The Labute approximate surface area is 124 Å². The van der Waals surface area contributed by atoms with Crippen LogP contribution in [-0.4, -0.2) is 54.5 Å². The zero-order valence-electron chi connectivity index (χ0n) is 14.0. The fourth-order valence-electron chi connectivity index (χ4n) is 2.51. The fourth-order valence-corrected chi connectivity index (χ4v) is 2.51. The van der Waals surface area contributed by atoms with Gasteiger partial charge in [-0.25, -0.2) is 0 Å². The van der Waals surface area contributed by atoms with Gasteiger partial charge in [0.25, 0.3) is 0 Å². The standard InChI is InChI=1S/C16H32N2O2/c1-13(2)16-17(9-11-19-14(3)4)7-8-18(16)10-12-20-15(5)6/h7-8,13-16H,9-12H2,1-6H3. The smallest absolute Gasteiger partial charge is 0.103 e. The largest absolute Gasteiger partial charge is 0.377 e. The lowest BCUT2D eigenvalue weighted by Gasteiger charge is -2.35. The Morgan fingerprint density at radius 1 is 0.800 bits per heavy atom. The van der Waals surface area contributed by atoms with Crippen molar-refractivity contribution >= 4 is 0 Å². The first-order chi connectivity index (χ1) is 9.41. The van der Waals surface area contributed by atoms with Crippen molar-refractivity contribution in [1.29, 1.82) is 0 Å². The summed E-state index contributed by atoms with van der Waals surface area (Å²) in [6, 6.07) is 0. The van der Waals surface area contributed by atoms with Crippen LogP contribution in [-0.2, 0) is 9.47 Å². The average Bonchev–Trinajstić information content (AvgIpc) is 2.71. The Bertz CT molecular complexity index is 266. The van der Waals surface area contributed by atoms with Crippen LogP contribution >= 0.6 is 0 Å². The second-order valence-electron chi connectivity index (χ2n) is 6.27. The summed E-state index contributed by atoms with van der Waals surface area (Å²) in [7, 11) is 0. The lowest BCUT2D eigenvalue weighted by Crippen LogP contribution is -2.45. The molecular weight excluding hydrogens is 252 g/mol. The summed E-state index contributed by atoms with van der Waals surface area (Å²) in [4.78, 5) is 4.75. The Hall–Kier alpha value is -0.740. The van der Waals surface area contributed by atoms with E-state index in [9.17, 15) is 0 Å². The third-order valence-corrected chi connectivity index (χ3v) is 3.33. The van der Waals surface area contributed by atoms with Gasteiger partial charge in [-0.15, -0.1) is 0 Å². The van der Waals surface area contributed by atoms with E-state index >= 15 is 0 Å². The first-order valence-electron chi connectivity index (χ1n) is 7.84. The molecule has 4 nitrogen and oxygen atoms in total. The van der Waals surface area contributed by atoms with Gasteiger partial charge in [0.15, 0.2) is 0 Å². The maximum absolute atomic E-state index is 5.66. The first-order valence-corrected chi connectivity index (χ1v) is 7.84. The van der Waals surface area contributed by atoms with E-state index in [4.69, 9.17) is 9.47 Å². The van der Waals surface area contributed by atoms with Crippen LogP contribution in [0.1, 0.15) is 41.5 Å². The molecule has 0 saturated heterocycles. The summed E-state index contributed by atoms with van der Waals surface area (Å²) < 4.78 is 11.3. The average molecular weight is 284 g/mol. The van der Waals surface area contributed by atoms with Gasteiger partial charge in [0, 0.05) is 25.5 Å². The van der Waals surface area contributed by atoms with E-state index in [2.05, 4.69) is 63.7 Å². The predicted octanol–water partition coefficient (Wildman–Crippen LogP) is 2.91. The van der Waals surface area contributed by atoms with Crippen molar-refractivity contribution in [3.05, 3.63) is 12.4 Å². The van der Waals surface area contributed by atoms with Crippen LogP contribution in [0.4, 0.5) is 0 Å². The van der Waals surface area contributed by atoms with E-state index in [1.54, 1.807) is 0 Å². The maximum atomic E-state index is 5.66. The van der Waals surface area contributed by atoms with Crippen LogP contribution < -0.4 is 0 Å². The highest BCUT2D eigenvalue weighted by Gasteiger charge is 2.28. The third kappa shape index (κ3) is 5.71. The minimum absolute atomic E-state index is 0.301. The predicted molar refractivity (Wildman–Crippen MR) is 83.4 cm³/mol. The molecule has 0 radical (unpaired) electrons. The fraction of sp³-hybridized carbons (Fsp3) is 0.875. The lowest BCUT2D eigenvalue weighted by atomic mass is 10.1. The maximum Gasteiger partial charge on any atom is 0.103 e. The summed E-state index contributed by atoms with van der Waals surface area (Å²) in [5.74, 6) is 0.572. The summed E-state index contributed by atoms with van der Waals surface area (Å²) in [5, 5.41) is 0. The summed E-state index contributed by atoms with van der Waals surface area (Å²) >= 11 is 0. The minimum Gasteiger partial charge on any atom is -0.377 e. The molecule has 1 aliphatic heterocycles. The molecule has 0 N–H and O–H groups in total. The molecule has 0 bridgehead atoms. The Balaban J connectivity index is 2.42. The SMILES string of the molecule is CC(C)OCCN1C=CN(CCOC(C)C)C1C(C)C. The van der Waals surface area contributed by atoms with Gasteiger partial charge in [0.05, 0.1) is 25.4 Å². The van der Waals surface area contributed by atoms with Crippen LogP contribution in [0.3, 0.4) is 0 Å². The molecule has 118 valence electrons. The Kier molecular flexibility index (Phi) is 7.38. The summed E-state index contributed by atoms with van der Waals surface area (Å²) in [6.45, 7) is 16.3. The van der Waals surface area contributed by atoms with E-state index < -0.39 is 0 Å². The van der Waals surface area contributed by atoms with E-state index in [1.807, 2.05) is 0 Å². The number of nitrogens with zero attached hydrogens (tertiary/aromatic N) is 2. The van der Waals surface area contributed by atoms with Crippen molar-refractivity contribution in [2.75, 3.05) is 26.3 Å². The topological polar surface area (TPSA) is 24.9 Å². The Morgan fingerprint density at radius 2 is 1.20 bits per heavy atom. The van der Waals surface area contributed by atoms with Crippen LogP contribution in [0.5, 0.6) is 0 Å². The van der Waals surface area contributed by atoms with Crippen molar-refractivity contribution in [2.24, 2.45) is 5.92 Å². The van der Waals surface area contributed by atoms with E-state index in [0.29, 0.717) is 24.3 Å². The molecule has 1 aliphatic rings. The van der Waals surface area contributed by atoms with Crippen LogP contribution in [0.25, 0.3) is 0 Å². The molecule has 4 heteroatoms. The van der Waals surface area contributed by atoms with Gasteiger partial charge >= 0.3 is 0 Å². The molecule has 0 amide bonds. The molecule has 0 aromatic rings.